The Bertz CT molecular complexity index is 123. The van der Waals surface area contributed by atoms with Crippen molar-refractivity contribution in [3.8, 4) is 0 Å². The number of halogens is 1. The molecule has 2 unspecified atom stereocenters. The molecule has 0 radical (unpaired) electrons. The lowest BCUT2D eigenvalue weighted by Gasteiger charge is -2.20. The van der Waals surface area contributed by atoms with E-state index in [2.05, 4.69) is 33.0 Å². The molecule has 0 bridgehead atoms. The van der Waals surface area contributed by atoms with Gasteiger partial charge in [0, 0.05) is 11.9 Å². The SMILES string of the molecule is CCC(C)CNCC(Cl)C(CC)CC. The normalized spacial score (nSPS) is 15.9. The van der Waals surface area contributed by atoms with Crippen LogP contribution in [-0.4, -0.2) is 18.5 Å². The molecule has 1 N–H and O–H groups in total. The minimum Gasteiger partial charge on any atom is -0.315 e. The molecule has 0 heterocycles. The number of hydrogen-bond acceptors (Lipinski definition) is 1. The molecule has 0 fully saturated rings. The first kappa shape index (κ1) is 14.2. The van der Waals surface area contributed by atoms with Crippen molar-refractivity contribution in [2.75, 3.05) is 13.1 Å². The van der Waals surface area contributed by atoms with Gasteiger partial charge in [-0.05, 0) is 18.4 Å². The van der Waals surface area contributed by atoms with Gasteiger partial charge in [-0.3, -0.25) is 0 Å². The maximum Gasteiger partial charge on any atom is 0.0488 e. The summed E-state index contributed by atoms with van der Waals surface area (Å²) < 4.78 is 0. The van der Waals surface area contributed by atoms with Crippen LogP contribution in [0.15, 0.2) is 0 Å². The maximum absolute atomic E-state index is 6.31. The van der Waals surface area contributed by atoms with E-state index in [1.165, 1.54) is 19.3 Å². The molecule has 2 atom stereocenters. The Morgan fingerprint density at radius 2 is 1.57 bits per heavy atom. The van der Waals surface area contributed by atoms with Crippen LogP contribution in [0, 0.1) is 11.8 Å². The maximum atomic E-state index is 6.31. The first-order valence-corrected chi connectivity index (χ1v) is 6.44. The summed E-state index contributed by atoms with van der Waals surface area (Å²) in [5.74, 6) is 1.43. The predicted molar refractivity (Wildman–Crippen MR) is 66.0 cm³/mol. The van der Waals surface area contributed by atoms with Crippen molar-refractivity contribution >= 4 is 11.6 Å². The highest BCUT2D eigenvalue weighted by Crippen LogP contribution is 2.17. The summed E-state index contributed by atoms with van der Waals surface area (Å²) >= 11 is 6.31. The number of nitrogens with one attached hydrogen (secondary N) is 1. The van der Waals surface area contributed by atoms with Crippen molar-refractivity contribution in [2.24, 2.45) is 11.8 Å². The second-order valence-electron chi connectivity index (χ2n) is 4.26. The first-order valence-electron chi connectivity index (χ1n) is 6.00. The molecule has 2 heteroatoms. The Balaban J connectivity index is 3.56. The van der Waals surface area contributed by atoms with Gasteiger partial charge in [-0.2, -0.15) is 0 Å². The van der Waals surface area contributed by atoms with Crippen LogP contribution in [0.5, 0.6) is 0 Å². The lowest BCUT2D eigenvalue weighted by molar-refractivity contribution is 0.426. The van der Waals surface area contributed by atoms with E-state index in [-0.39, 0.29) is 0 Å². The van der Waals surface area contributed by atoms with Crippen molar-refractivity contribution in [2.45, 2.75) is 52.3 Å². The Kier molecular flexibility index (Phi) is 8.70. The molecule has 14 heavy (non-hydrogen) atoms. The van der Waals surface area contributed by atoms with E-state index in [1.54, 1.807) is 0 Å². The molecule has 0 aliphatic rings. The molecule has 0 aromatic carbocycles. The summed E-state index contributed by atoms with van der Waals surface area (Å²) in [6.45, 7) is 11.0. The third-order valence-corrected chi connectivity index (χ3v) is 3.60. The average molecular weight is 220 g/mol. The monoisotopic (exact) mass is 219 g/mol. The summed E-state index contributed by atoms with van der Waals surface area (Å²) in [6, 6.07) is 0. The van der Waals surface area contributed by atoms with E-state index in [4.69, 9.17) is 11.6 Å². The van der Waals surface area contributed by atoms with Crippen LogP contribution >= 0.6 is 11.6 Å². The molecule has 0 aromatic rings. The van der Waals surface area contributed by atoms with E-state index in [1.807, 2.05) is 0 Å². The van der Waals surface area contributed by atoms with Gasteiger partial charge in [0.25, 0.3) is 0 Å². The second kappa shape index (κ2) is 8.55. The van der Waals surface area contributed by atoms with Gasteiger partial charge < -0.3 is 5.32 Å². The highest BCUT2D eigenvalue weighted by molar-refractivity contribution is 6.21. The molecular formula is C12H26ClN. The van der Waals surface area contributed by atoms with Crippen molar-refractivity contribution in [3.05, 3.63) is 0 Å². The molecule has 0 amide bonds. The summed E-state index contributed by atoms with van der Waals surface area (Å²) in [5, 5.41) is 3.75. The standard InChI is InChI=1S/C12H26ClN/c1-5-10(4)8-14-9-12(13)11(6-2)7-3/h10-12,14H,5-9H2,1-4H3. The lowest BCUT2D eigenvalue weighted by atomic mass is 9.99. The number of alkyl halides is 1. The van der Waals surface area contributed by atoms with Gasteiger partial charge in [0.1, 0.15) is 0 Å². The van der Waals surface area contributed by atoms with Crippen LogP contribution in [0.3, 0.4) is 0 Å². The van der Waals surface area contributed by atoms with Crippen LogP contribution in [0.25, 0.3) is 0 Å². The Labute approximate surface area is 94.6 Å². The van der Waals surface area contributed by atoms with Gasteiger partial charge in [-0.1, -0.05) is 47.0 Å². The van der Waals surface area contributed by atoms with E-state index >= 15 is 0 Å². The third-order valence-electron chi connectivity index (χ3n) is 3.09. The van der Waals surface area contributed by atoms with E-state index in [0.717, 1.165) is 19.0 Å². The zero-order valence-electron chi connectivity index (χ0n) is 10.1. The van der Waals surface area contributed by atoms with E-state index < -0.39 is 0 Å². The van der Waals surface area contributed by atoms with Crippen LogP contribution < -0.4 is 5.32 Å². The van der Waals surface area contributed by atoms with Crippen LogP contribution in [-0.2, 0) is 0 Å². The van der Waals surface area contributed by atoms with Crippen molar-refractivity contribution in [1.29, 1.82) is 0 Å². The fraction of sp³-hybridized carbons (Fsp3) is 1.00. The Hall–Kier alpha value is 0.250. The smallest absolute Gasteiger partial charge is 0.0488 e. The molecule has 0 saturated carbocycles. The Morgan fingerprint density at radius 3 is 2.00 bits per heavy atom. The van der Waals surface area contributed by atoms with E-state index in [9.17, 15) is 0 Å². The summed E-state index contributed by atoms with van der Waals surface area (Å²) in [4.78, 5) is 0. The average Bonchev–Trinajstić information content (AvgIpc) is 2.19. The highest BCUT2D eigenvalue weighted by atomic mass is 35.5. The molecule has 0 rings (SSSR count). The highest BCUT2D eigenvalue weighted by Gasteiger charge is 2.14. The lowest BCUT2D eigenvalue weighted by Crippen LogP contribution is -2.31. The third kappa shape index (κ3) is 5.87. The summed E-state index contributed by atoms with van der Waals surface area (Å²) in [5.41, 5.74) is 0. The molecule has 0 aliphatic carbocycles. The largest absolute Gasteiger partial charge is 0.315 e. The molecule has 86 valence electrons. The van der Waals surface area contributed by atoms with Gasteiger partial charge in [0.15, 0.2) is 0 Å². The molecule has 1 nitrogen and oxygen atoms in total. The topological polar surface area (TPSA) is 12.0 Å². The molecular weight excluding hydrogens is 194 g/mol. The fourth-order valence-corrected chi connectivity index (χ4v) is 2.04. The number of rotatable bonds is 8. The molecule has 0 saturated heterocycles. The Morgan fingerprint density at radius 1 is 1.00 bits per heavy atom. The zero-order chi connectivity index (χ0) is 11.0. The summed E-state index contributed by atoms with van der Waals surface area (Å²) in [6.07, 6.45) is 3.62. The van der Waals surface area contributed by atoms with Crippen molar-refractivity contribution in [3.63, 3.8) is 0 Å². The van der Waals surface area contributed by atoms with Crippen molar-refractivity contribution < 1.29 is 0 Å². The van der Waals surface area contributed by atoms with Crippen LogP contribution in [0.2, 0.25) is 0 Å². The fourth-order valence-electron chi connectivity index (χ4n) is 1.58. The minimum atomic E-state index is 0.300. The van der Waals surface area contributed by atoms with Crippen LogP contribution in [0.1, 0.15) is 47.0 Å². The van der Waals surface area contributed by atoms with Gasteiger partial charge in [0.2, 0.25) is 0 Å². The zero-order valence-corrected chi connectivity index (χ0v) is 10.9. The van der Waals surface area contributed by atoms with Crippen molar-refractivity contribution in [1.82, 2.24) is 5.32 Å². The van der Waals surface area contributed by atoms with Crippen LogP contribution in [0.4, 0.5) is 0 Å². The number of hydrogen-bond donors (Lipinski definition) is 1. The van der Waals surface area contributed by atoms with Gasteiger partial charge >= 0.3 is 0 Å². The second-order valence-corrected chi connectivity index (χ2v) is 4.82. The van der Waals surface area contributed by atoms with E-state index in [0.29, 0.717) is 11.3 Å². The van der Waals surface area contributed by atoms with Gasteiger partial charge in [-0.15, -0.1) is 11.6 Å². The van der Waals surface area contributed by atoms with Gasteiger partial charge in [-0.25, -0.2) is 0 Å². The molecule has 0 aromatic heterocycles. The quantitative estimate of drug-likeness (QED) is 0.615. The van der Waals surface area contributed by atoms with Gasteiger partial charge in [0.05, 0.1) is 0 Å². The first-order chi connectivity index (χ1) is 6.65. The molecule has 0 aliphatic heterocycles. The molecule has 0 spiro atoms. The minimum absolute atomic E-state index is 0.300. The summed E-state index contributed by atoms with van der Waals surface area (Å²) in [7, 11) is 0. The predicted octanol–water partition coefficient (Wildman–Crippen LogP) is 3.67.